The Hall–Kier alpha value is -1.26. The molecule has 1 aromatic carbocycles. The normalized spacial score (nSPS) is 31.4. The summed E-state index contributed by atoms with van der Waals surface area (Å²) in [5.74, 6) is 0.651. The molecule has 20 heavy (non-hydrogen) atoms. The van der Waals surface area contributed by atoms with Crippen molar-refractivity contribution in [1.82, 2.24) is 4.90 Å². The fraction of sp³-hybridized carbons (Fsp3) is 0.429. The van der Waals surface area contributed by atoms with Gasteiger partial charge in [0.1, 0.15) is 6.04 Å². The van der Waals surface area contributed by atoms with E-state index in [9.17, 15) is 4.79 Å². The van der Waals surface area contributed by atoms with Gasteiger partial charge in [0.05, 0.1) is 5.69 Å². The molecule has 1 saturated carbocycles. The van der Waals surface area contributed by atoms with Crippen LogP contribution in [-0.4, -0.2) is 28.9 Å². The highest BCUT2D eigenvalue weighted by Gasteiger charge is 2.57. The molecule has 2 aliphatic heterocycles. The maximum atomic E-state index is 12.7. The van der Waals surface area contributed by atoms with Gasteiger partial charge in [-0.15, -0.1) is 0 Å². The quantitative estimate of drug-likeness (QED) is 0.866. The van der Waals surface area contributed by atoms with E-state index in [1.54, 1.807) is 18.2 Å². The fourth-order valence-electron chi connectivity index (χ4n) is 3.88. The van der Waals surface area contributed by atoms with Crippen molar-refractivity contribution in [2.24, 2.45) is 5.92 Å². The molecule has 0 spiro atoms. The second kappa shape index (κ2) is 4.12. The number of carbonyl (C=O) groups is 1. The van der Waals surface area contributed by atoms with E-state index >= 15 is 0 Å². The molecule has 1 aromatic rings. The number of guanidine groups is 1. The first-order chi connectivity index (χ1) is 9.56. The number of rotatable bonds is 1. The molecule has 2 heterocycles. The van der Waals surface area contributed by atoms with E-state index < -0.39 is 0 Å². The van der Waals surface area contributed by atoms with Crippen molar-refractivity contribution in [1.29, 1.82) is 5.41 Å². The molecular weight excluding hydrogens is 297 g/mol. The number of hydrogen-bond donors (Lipinski definition) is 1. The van der Waals surface area contributed by atoms with Crippen LogP contribution in [0.25, 0.3) is 0 Å². The Balaban J connectivity index is 1.76. The zero-order chi connectivity index (χ0) is 14.0. The Morgan fingerprint density at radius 1 is 1.15 bits per heavy atom. The van der Waals surface area contributed by atoms with Gasteiger partial charge in [0.15, 0.2) is 0 Å². The molecule has 4 nitrogen and oxygen atoms in total. The molecule has 0 unspecified atom stereocenters. The van der Waals surface area contributed by atoms with Crippen LogP contribution in [0.15, 0.2) is 18.2 Å². The van der Waals surface area contributed by atoms with Crippen molar-refractivity contribution >= 4 is 40.8 Å². The predicted octanol–water partition coefficient (Wildman–Crippen LogP) is 3.13. The van der Waals surface area contributed by atoms with Crippen molar-refractivity contribution in [2.75, 3.05) is 4.90 Å². The largest absolute Gasteiger partial charge is 0.327 e. The lowest BCUT2D eigenvalue weighted by molar-refractivity contribution is -0.120. The zero-order valence-electron chi connectivity index (χ0n) is 10.6. The lowest BCUT2D eigenvalue weighted by Crippen LogP contribution is -2.40. The zero-order valence-corrected chi connectivity index (χ0v) is 12.2. The van der Waals surface area contributed by atoms with E-state index in [0.29, 0.717) is 27.7 Å². The van der Waals surface area contributed by atoms with Gasteiger partial charge in [0.25, 0.3) is 5.91 Å². The summed E-state index contributed by atoms with van der Waals surface area (Å²) < 4.78 is 0. The molecule has 4 rings (SSSR count). The topological polar surface area (TPSA) is 47.4 Å². The summed E-state index contributed by atoms with van der Waals surface area (Å²) in [5, 5.41) is 9.29. The summed E-state index contributed by atoms with van der Waals surface area (Å²) in [7, 11) is 0. The highest BCUT2D eigenvalue weighted by molar-refractivity contribution is 6.35. The Bertz CT molecular complexity index is 585. The molecule has 6 heteroatoms. The van der Waals surface area contributed by atoms with Crippen LogP contribution in [0.1, 0.15) is 19.3 Å². The molecule has 2 bridgehead atoms. The lowest BCUT2D eigenvalue weighted by atomic mass is 9.99. The van der Waals surface area contributed by atoms with Gasteiger partial charge in [-0.25, -0.2) is 4.90 Å². The van der Waals surface area contributed by atoms with Gasteiger partial charge in [0.2, 0.25) is 5.96 Å². The van der Waals surface area contributed by atoms with Crippen LogP contribution in [0.4, 0.5) is 5.69 Å². The van der Waals surface area contributed by atoms with Crippen molar-refractivity contribution in [3.05, 3.63) is 28.2 Å². The Morgan fingerprint density at radius 3 is 2.50 bits per heavy atom. The van der Waals surface area contributed by atoms with Crippen LogP contribution in [0.5, 0.6) is 0 Å². The molecular formula is C14H13Cl2N3O. The van der Waals surface area contributed by atoms with Gasteiger partial charge >= 0.3 is 0 Å². The van der Waals surface area contributed by atoms with Gasteiger partial charge in [-0.1, -0.05) is 23.2 Å². The summed E-state index contributed by atoms with van der Waals surface area (Å²) >= 11 is 12.0. The summed E-state index contributed by atoms with van der Waals surface area (Å²) in [5.41, 5.74) is 0.589. The standard InChI is InChI=1S/C14H13Cl2N3O/c15-8-4-9(16)6-11(5-8)19-13(20)12-7-1-2-10(3-7)18(12)14(19)17/h4-7,10,12,17H,1-3H2/t7-,10+,12+/m1/s1. The Kier molecular flexibility index (Phi) is 2.57. The number of halogens is 2. The predicted molar refractivity (Wildman–Crippen MR) is 78.4 cm³/mol. The van der Waals surface area contributed by atoms with Crippen molar-refractivity contribution in [3.8, 4) is 0 Å². The molecule has 1 N–H and O–H groups in total. The van der Waals surface area contributed by atoms with Crippen molar-refractivity contribution in [3.63, 3.8) is 0 Å². The first-order valence-corrected chi connectivity index (χ1v) is 7.49. The number of piperidine rings is 1. The van der Waals surface area contributed by atoms with E-state index in [-0.39, 0.29) is 17.9 Å². The smallest absolute Gasteiger partial charge is 0.256 e. The van der Waals surface area contributed by atoms with E-state index in [1.807, 2.05) is 4.90 Å². The third-order valence-corrected chi connectivity index (χ3v) is 5.06. The Labute approximate surface area is 126 Å². The number of benzene rings is 1. The summed E-state index contributed by atoms with van der Waals surface area (Å²) in [4.78, 5) is 16.1. The average molecular weight is 310 g/mol. The van der Waals surface area contributed by atoms with Gasteiger partial charge < -0.3 is 4.90 Å². The molecule has 104 valence electrons. The maximum Gasteiger partial charge on any atom is 0.256 e. The van der Waals surface area contributed by atoms with Crippen LogP contribution < -0.4 is 4.90 Å². The minimum absolute atomic E-state index is 0.0134. The van der Waals surface area contributed by atoms with Crippen LogP contribution in [0.3, 0.4) is 0 Å². The molecule has 0 aromatic heterocycles. The van der Waals surface area contributed by atoms with Crippen molar-refractivity contribution < 1.29 is 4.79 Å². The van der Waals surface area contributed by atoms with Crippen LogP contribution in [0, 0.1) is 11.3 Å². The van der Waals surface area contributed by atoms with Gasteiger partial charge in [-0.3, -0.25) is 10.2 Å². The first kappa shape index (κ1) is 12.5. The van der Waals surface area contributed by atoms with Crippen LogP contribution >= 0.6 is 23.2 Å². The second-order valence-electron chi connectivity index (χ2n) is 5.70. The van der Waals surface area contributed by atoms with Gasteiger partial charge in [-0.2, -0.15) is 0 Å². The molecule has 3 atom stereocenters. The third kappa shape index (κ3) is 1.55. The van der Waals surface area contributed by atoms with Gasteiger partial charge in [-0.05, 0) is 43.4 Å². The number of carbonyl (C=O) groups excluding carboxylic acids is 1. The van der Waals surface area contributed by atoms with E-state index in [2.05, 4.69) is 0 Å². The third-order valence-electron chi connectivity index (χ3n) is 4.62. The molecule has 3 aliphatic rings. The second-order valence-corrected chi connectivity index (χ2v) is 6.58. The monoisotopic (exact) mass is 309 g/mol. The highest BCUT2D eigenvalue weighted by atomic mass is 35.5. The Morgan fingerprint density at radius 2 is 1.85 bits per heavy atom. The molecule has 2 saturated heterocycles. The van der Waals surface area contributed by atoms with Crippen molar-refractivity contribution in [2.45, 2.75) is 31.3 Å². The summed E-state index contributed by atoms with van der Waals surface area (Å²) in [6.45, 7) is 0. The fourth-order valence-corrected chi connectivity index (χ4v) is 4.40. The summed E-state index contributed by atoms with van der Waals surface area (Å²) in [6.07, 6.45) is 3.22. The SMILES string of the molecule is N=C1N(c2cc(Cl)cc(Cl)c2)C(=O)[C@@H]2[C@@H]3CC[C@@H](C3)N12. The molecule has 3 fully saturated rings. The first-order valence-electron chi connectivity index (χ1n) is 6.73. The highest BCUT2D eigenvalue weighted by Crippen LogP contribution is 2.47. The van der Waals surface area contributed by atoms with Crippen LogP contribution in [-0.2, 0) is 4.79 Å². The molecule has 1 aliphatic carbocycles. The molecule has 1 amide bonds. The molecule has 0 radical (unpaired) electrons. The number of nitrogens with zero attached hydrogens (tertiary/aromatic N) is 2. The van der Waals surface area contributed by atoms with E-state index in [1.165, 1.54) is 4.90 Å². The van der Waals surface area contributed by atoms with Crippen LogP contribution in [0.2, 0.25) is 10.0 Å². The van der Waals surface area contributed by atoms with Gasteiger partial charge in [0, 0.05) is 16.1 Å². The lowest BCUT2D eigenvalue weighted by Gasteiger charge is -2.27. The number of fused-ring (bicyclic) bond motifs is 5. The van der Waals surface area contributed by atoms with E-state index in [0.717, 1.165) is 19.3 Å². The number of amides is 1. The number of anilines is 1. The number of hydrogen-bond acceptors (Lipinski definition) is 2. The number of nitrogens with one attached hydrogen (secondary N) is 1. The summed E-state index contributed by atoms with van der Waals surface area (Å²) in [6, 6.07) is 5.19. The average Bonchev–Trinajstić information content (AvgIpc) is 3.02. The minimum Gasteiger partial charge on any atom is -0.327 e. The maximum absolute atomic E-state index is 12.7. The van der Waals surface area contributed by atoms with E-state index in [4.69, 9.17) is 28.6 Å². The minimum atomic E-state index is -0.154.